The van der Waals surface area contributed by atoms with Crippen LogP contribution in [-0.2, 0) is 6.54 Å². The molecule has 0 atom stereocenters. The first-order chi connectivity index (χ1) is 16.5. The molecule has 0 unspecified atom stereocenters. The van der Waals surface area contributed by atoms with Gasteiger partial charge in [-0.3, -0.25) is 9.21 Å². The van der Waals surface area contributed by atoms with Gasteiger partial charge in [-0.25, -0.2) is 13.1 Å². The van der Waals surface area contributed by atoms with Crippen molar-refractivity contribution in [1.29, 1.82) is 0 Å². The number of halogens is 2. The maximum Gasteiger partial charge on any atom is 0.278 e. The summed E-state index contributed by atoms with van der Waals surface area (Å²) in [4.78, 5) is 4.90. The summed E-state index contributed by atoms with van der Waals surface area (Å²) in [6, 6.07) is 18.3. The maximum absolute atomic E-state index is 12.9. The molecule has 1 fully saturated rings. The van der Waals surface area contributed by atoms with Crippen LogP contribution in [0.2, 0.25) is 0 Å². The molecule has 2 aliphatic heterocycles. The third kappa shape index (κ3) is 6.85. The molecule has 4 rings (SSSR count). The van der Waals surface area contributed by atoms with Crippen molar-refractivity contribution in [1.82, 2.24) is 14.1 Å². The zero-order chi connectivity index (χ0) is 23.9. The smallest absolute Gasteiger partial charge is 0.278 e. The van der Waals surface area contributed by atoms with Gasteiger partial charge in [0, 0.05) is 63.5 Å². The van der Waals surface area contributed by atoms with E-state index in [1.165, 1.54) is 0 Å². The largest absolute Gasteiger partial charge is 0.304 e. The second kappa shape index (κ2) is 11.9. The lowest BCUT2D eigenvalue weighted by molar-refractivity contribution is 0.150. The van der Waals surface area contributed by atoms with Crippen LogP contribution in [0.25, 0.3) is 0 Å². The van der Waals surface area contributed by atoms with E-state index in [4.69, 9.17) is 0 Å². The molecule has 182 valence electrons. The molecule has 0 spiro atoms. The minimum atomic E-state index is -2.55. The van der Waals surface area contributed by atoms with E-state index < -0.39 is 6.43 Å². The number of hydrogen-bond donors (Lipinski definition) is 0. The van der Waals surface area contributed by atoms with Crippen LogP contribution >= 0.6 is 12.1 Å². The van der Waals surface area contributed by atoms with Gasteiger partial charge in [0.2, 0.25) is 0 Å². The zero-order valence-corrected chi connectivity index (χ0v) is 20.6. The van der Waals surface area contributed by atoms with Crippen LogP contribution in [0.3, 0.4) is 0 Å². The molecule has 9 heteroatoms. The monoisotopic (exact) mass is 486 g/mol. The molecule has 0 radical (unpaired) electrons. The van der Waals surface area contributed by atoms with Crippen LogP contribution in [0.1, 0.15) is 17.5 Å². The van der Waals surface area contributed by atoms with Crippen molar-refractivity contribution in [3.63, 3.8) is 0 Å². The Bertz CT molecular complexity index is 975. The SMILES string of the molecule is CN1CCN(CCN(C)SN(Cc2ccc(C3=NN=C(C(F)F)C3)cc2)c2ccccc2)CC1. The molecule has 34 heavy (non-hydrogen) atoms. The first-order valence-corrected chi connectivity index (χ1v) is 12.3. The van der Waals surface area contributed by atoms with E-state index in [0.717, 1.165) is 62.6 Å². The van der Waals surface area contributed by atoms with Crippen molar-refractivity contribution < 1.29 is 8.78 Å². The average molecular weight is 487 g/mol. The fourth-order valence-electron chi connectivity index (χ4n) is 3.94. The van der Waals surface area contributed by atoms with Crippen LogP contribution in [-0.4, -0.2) is 85.3 Å². The summed E-state index contributed by atoms with van der Waals surface area (Å²) in [6.07, 6.45) is -2.44. The van der Waals surface area contributed by atoms with Gasteiger partial charge in [0.1, 0.15) is 5.71 Å². The molecule has 0 bridgehead atoms. The first kappa shape index (κ1) is 24.8. The van der Waals surface area contributed by atoms with Gasteiger partial charge < -0.3 is 4.90 Å². The molecule has 0 N–H and O–H groups in total. The van der Waals surface area contributed by atoms with E-state index in [1.807, 2.05) is 30.3 Å². The molecule has 0 amide bonds. The van der Waals surface area contributed by atoms with Gasteiger partial charge in [-0.05, 0) is 37.4 Å². The summed E-state index contributed by atoms with van der Waals surface area (Å²) >= 11 is 1.72. The number of para-hydroxylation sites is 1. The number of alkyl halides is 2. The topological polar surface area (TPSA) is 37.7 Å². The Morgan fingerprint density at radius 2 is 1.68 bits per heavy atom. The normalized spacial score (nSPS) is 17.4. The van der Waals surface area contributed by atoms with Gasteiger partial charge in [-0.15, -0.1) is 0 Å². The standard InChI is InChI=1S/C25H32F2N6S/c1-30-12-15-32(16-13-30)17-14-31(2)34-33(22-6-4-3-5-7-22)19-20-8-10-21(11-9-20)23-18-24(25(26)27)29-28-23/h3-11,25H,12-19H2,1-2H3. The zero-order valence-electron chi connectivity index (χ0n) is 19.8. The van der Waals surface area contributed by atoms with Crippen molar-refractivity contribution in [2.75, 3.05) is 57.7 Å². The Morgan fingerprint density at radius 3 is 2.32 bits per heavy atom. The lowest BCUT2D eigenvalue weighted by Gasteiger charge is -2.34. The van der Waals surface area contributed by atoms with Crippen molar-refractivity contribution in [3.05, 3.63) is 65.7 Å². The number of piperazine rings is 1. The molecular formula is C25H32F2N6S. The van der Waals surface area contributed by atoms with Gasteiger partial charge in [0.15, 0.2) is 0 Å². The van der Waals surface area contributed by atoms with Crippen LogP contribution in [0.5, 0.6) is 0 Å². The predicted molar refractivity (Wildman–Crippen MR) is 138 cm³/mol. The average Bonchev–Trinajstić information content (AvgIpc) is 3.35. The Labute approximate surface area is 205 Å². The van der Waals surface area contributed by atoms with Crippen molar-refractivity contribution in [2.24, 2.45) is 10.2 Å². The number of benzene rings is 2. The van der Waals surface area contributed by atoms with Gasteiger partial charge in [-0.2, -0.15) is 10.2 Å². The minimum absolute atomic E-state index is 0.112. The third-order valence-electron chi connectivity index (χ3n) is 6.12. The maximum atomic E-state index is 12.9. The molecule has 0 aromatic heterocycles. The lowest BCUT2D eigenvalue weighted by Crippen LogP contribution is -2.46. The Hall–Kier alpha value is -2.33. The van der Waals surface area contributed by atoms with E-state index in [1.54, 1.807) is 12.1 Å². The highest BCUT2D eigenvalue weighted by molar-refractivity contribution is 7.98. The summed E-state index contributed by atoms with van der Waals surface area (Å²) < 4.78 is 30.3. The van der Waals surface area contributed by atoms with Crippen LogP contribution in [0.15, 0.2) is 64.8 Å². The van der Waals surface area contributed by atoms with E-state index in [-0.39, 0.29) is 12.1 Å². The molecule has 0 aliphatic carbocycles. The number of hydrogen-bond acceptors (Lipinski definition) is 7. The third-order valence-corrected chi connectivity index (χ3v) is 7.12. The van der Waals surface area contributed by atoms with Gasteiger partial charge in [0.25, 0.3) is 6.43 Å². The highest BCUT2D eigenvalue weighted by Gasteiger charge is 2.22. The van der Waals surface area contributed by atoms with E-state index in [9.17, 15) is 8.78 Å². The quantitative estimate of drug-likeness (QED) is 0.470. The van der Waals surface area contributed by atoms with Gasteiger partial charge in [0.05, 0.1) is 12.3 Å². The van der Waals surface area contributed by atoms with Crippen LogP contribution in [0.4, 0.5) is 14.5 Å². The summed E-state index contributed by atoms with van der Waals surface area (Å²) in [5.74, 6) is 0. The molecule has 2 aliphatic rings. The molecule has 0 saturated carbocycles. The molecule has 2 aromatic rings. The van der Waals surface area contributed by atoms with Gasteiger partial charge in [-0.1, -0.05) is 42.5 Å². The molecule has 1 saturated heterocycles. The fraction of sp³-hybridized carbons (Fsp3) is 0.440. The molecule has 6 nitrogen and oxygen atoms in total. The lowest BCUT2D eigenvalue weighted by atomic mass is 10.0. The minimum Gasteiger partial charge on any atom is -0.304 e. The van der Waals surface area contributed by atoms with Crippen molar-refractivity contribution in [3.8, 4) is 0 Å². The second-order valence-electron chi connectivity index (χ2n) is 8.76. The molecule has 2 aromatic carbocycles. The first-order valence-electron chi connectivity index (χ1n) is 11.6. The molecular weight excluding hydrogens is 454 g/mol. The molecule has 2 heterocycles. The summed E-state index contributed by atoms with van der Waals surface area (Å²) in [5, 5.41) is 7.57. The number of rotatable bonds is 10. The Balaban J connectivity index is 1.36. The van der Waals surface area contributed by atoms with Crippen LogP contribution < -0.4 is 4.31 Å². The fourth-order valence-corrected chi connectivity index (χ4v) is 4.86. The summed E-state index contributed by atoms with van der Waals surface area (Å²) in [7, 11) is 4.32. The van der Waals surface area contributed by atoms with Crippen molar-refractivity contribution >= 4 is 29.2 Å². The number of nitrogens with zero attached hydrogens (tertiary/aromatic N) is 6. The van der Waals surface area contributed by atoms with E-state index in [0.29, 0.717) is 5.71 Å². The second-order valence-corrected chi connectivity index (χ2v) is 9.99. The number of likely N-dealkylation sites (N-methyl/N-ethyl adjacent to an activating group) is 2. The number of anilines is 1. The Morgan fingerprint density at radius 1 is 0.971 bits per heavy atom. The highest BCUT2D eigenvalue weighted by atomic mass is 32.2. The van der Waals surface area contributed by atoms with Crippen molar-refractivity contribution in [2.45, 2.75) is 19.4 Å². The summed E-state index contributed by atoms with van der Waals surface area (Å²) in [6.45, 7) is 7.26. The predicted octanol–water partition coefficient (Wildman–Crippen LogP) is 4.25. The van der Waals surface area contributed by atoms with Crippen LogP contribution in [0, 0.1) is 0 Å². The van der Waals surface area contributed by atoms with E-state index >= 15 is 0 Å². The Kier molecular flexibility index (Phi) is 8.66. The summed E-state index contributed by atoms with van der Waals surface area (Å²) in [5.41, 5.74) is 3.55. The van der Waals surface area contributed by atoms with Gasteiger partial charge >= 0.3 is 0 Å². The van der Waals surface area contributed by atoms with E-state index in [2.05, 4.69) is 67.0 Å². The highest BCUT2D eigenvalue weighted by Crippen LogP contribution is 2.27.